The number of carbonyl (C=O) groups excluding carboxylic acids is 1. The van der Waals surface area contributed by atoms with Gasteiger partial charge < -0.3 is 10.6 Å². The summed E-state index contributed by atoms with van der Waals surface area (Å²) in [7, 11) is 0. The van der Waals surface area contributed by atoms with Crippen LogP contribution in [-0.4, -0.2) is 22.4 Å². The predicted molar refractivity (Wildman–Crippen MR) is 79.5 cm³/mol. The van der Waals surface area contributed by atoms with Gasteiger partial charge >= 0.3 is 0 Å². The number of carbonyl (C=O) groups is 1. The Labute approximate surface area is 121 Å². The number of hydrogen-bond donors (Lipinski definition) is 2. The van der Waals surface area contributed by atoms with Gasteiger partial charge in [-0.1, -0.05) is 0 Å². The SMILES string of the molecule is CCNc1cc(C(=O)Nc2ccc([N+](=O)[O-])cc2)ccn1. The molecule has 1 aromatic heterocycles. The van der Waals surface area contributed by atoms with Crippen molar-refractivity contribution in [2.75, 3.05) is 17.2 Å². The molecule has 0 bridgehead atoms. The minimum Gasteiger partial charge on any atom is -0.370 e. The van der Waals surface area contributed by atoms with E-state index in [1.807, 2.05) is 6.92 Å². The molecule has 108 valence electrons. The molecule has 0 fully saturated rings. The van der Waals surface area contributed by atoms with Crippen molar-refractivity contribution in [1.82, 2.24) is 4.98 Å². The van der Waals surface area contributed by atoms with Gasteiger partial charge in [-0.15, -0.1) is 0 Å². The Bertz CT molecular complexity index is 656. The highest BCUT2D eigenvalue weighted by Crippen LogP contribution is 2.16. The largest absolute Gasteiger partial charge is 0.370 e. The smallest absolute Gasteiger partial charge is 0.269 e. The maximum Gasteiger partial charge on any atom is 0.269 e. The van der Waals surface area contributed by atoms with Crippen molar-refractivity contribution < 1.29 is 9.72 Å². The molecule has 21 heavy (non-hydrogen) atoms. The topological polar surface area (TPSA) is 97.2 Å². The third-order valence-corrected chi connectivity index (χ3v) is 2.72. The zero-order chi connectivity index (χ0) is 15.2. The van der Waals surface area contributed by atoms with Crippen LogP contribution in [0.1, 0.15) is 17.3 Å². The van der Waals surface area contributed by atoms with E-state index >= 15 is 0 Å². The number of aromatic nitrogens is 1. The molecule has 0 saturated carbocycles. The normalized spacial score (nSPS) is 9.95. The van der Waals surface area contributed by atoms with Crippen molar-refractivity contribution in [2.24, 2.45) is 0 Å². The summed E-state index contributed by atoms with van der Waals surface area (Å²) in [6.07, 6.45) is 1.54. The van der Waals surface area contributed by atoms with Gasteiger partial charge in [0, 0.05) is 36.1 Å². The average Bonchev–Trinajstić information content (AvgIpc) is 2.48. The number of nitrogens with zero attached hydrogens (tertiary/aromatic N) is 2. The second-order valence-corrected chi connectivity index (χ2v) is 4.22. The maximum absolute atomic E-state index is 12.1. The van der Waals surface area contributed by atoms with Gasteiger partial charge in [-0.05, 0) is 31.2 Å². The highest BCUT2D eigenvalue weighted by atomic mass is 16.6. The summed E-state index contributed by atoms with van der Waals surface area (Å²) in [5.74, 6) is 0.319. The molecule has 2 aromatic rings. The number of amides is 1. The standard InChI is InChI=1S/C14H14N4O3/c1-2-15-13-9-10(7-8-16-13)14(19)17-11-3-5-12(6-4-11)18(20)21/h3-9H,2H2,1H3,(H,15,16)(H,17,19). The first-order chi connectivity index (χ1) is 10.1. The van der Waals surface area contributed by atoms with Gasteiger partial charge in [-0.2, -0.15) is 0 Å². The molecule has 2 rings (SSSR count). The summed E-state index contributed by atoms with van der Waals surface area (Å²) >= 11 is 0. The highest BCUT2D eigenvalue weighted by molar-refractivity contribution is 6.04. The third-order valence-electron chi connectivity index (χ3n) is 2.72. The van der Waals surface area contributed by atoms with Crippen LogP contribution < -0.4 is 10.6 Å². The van der Waals surface area contributed by atoms with Gasteiger partial charge in [0.25, 0.3) is 11.6 Å². The zero-order valence-corrected chi connectivity index (χ0v) is 11.4. The lowest BCUT2D eigenvalue weighted by Gasteiger charge is -2.07. The van der Waals surface area contributed by atoms with E-state index in [0.29, 0.717) is 23.6 Å². The minimum atomic E-state index is -0.489. The quantitative estimate of drug-likeness (QED) is 0.650. The van der Waals surface area contributed by atoms with Crippen LogP contribution in [-0.2, 0) is 0 Å². The van der Waals surface area contributed by atoms with Crippen molar-refractivity contribution >= 4 is 23.1 Å². The fraction of sp³-hybridized carbons (Fsp3) is 0.143. The fourth-order valence-electron chi connectivity index (χ4n) is 1.72. The van der Waals surface area contributed by atoms with Crippen LogP contribution in [0.25, 0.3) is 0 Å². The van der Waals surface area contributed by atoms with E-state index in [1.165, 1.54) is 24.3 Å². The molecule has 0 aliphatic rings. The van der Waals surface area contributed by atoms with Crippen LogP contribution in [0.15, 0.2) is 42.6 Å². The van der Waals surface area contributed by atoms with Gasteiger partial charge in [0.2, 0.25) is 0 Å². The van der Waals surface area contributed by atoms with E-state index in [9.17, 15) is 14.9 Å². The lowest BCUT2D eigenvalue weighted by atomic mass is 10.2. The van der Waals surface area contributed by atoms with E-state index in [4.69, 9.17) is 0 Å². The Hall–Kier alpha value is -2.96. The van der Waals surface area contributed by atoms with E-state index in [2.05, 4.69) is 15.6 Å². The summed E-state index contributed by atoms with van der Waals surface area (Å²) in [4.78, 5) is 26.2. The lowest BCUT2D eigenvalue weighted by Crippen LogP contribution is -2.12. The van der Waals surface area contributed by atoms with Crippen LogP contribution in [0.4, 0.5) is 17.2 Å². The van der Waals surface area contributed by atoms with Crippen LogP contribution in [0.3, 0.4) is 0 Å². The van der Waals surface area contributed by atoms with Crippen LogP contribution in [0, 0.1) is 10.1 Å². The predicted octanol–water partition coefficient (Wildman–Crippen LogP) is 2.67. The molecule has 0 aliphatic carbocycles. The summed E-state index contributed by atoms with van der Waals surface area (Å²) in [5.41, 5.74) is 0.929. The van der Waals surface area contributed by atoms with Crippen molar-refractivity contribution in [2.45, 2.75) is 6.92 Å². The molecule has 0 aliphatic heterocycles. The first-order valence-electron chi connectivity index (χ1n) is 6.36. The van der Waals surface area contributed by atoms with Crippen LogP contribution in [0.2, 0.25) is 0 Å². The van der Waals surface area contributed by atoms with Gasteiger partial charge in [0.05, 0.1) is 4.92 Å². The van der Waals surface area contributed by atoms with Crippen molar-refractivity contribution in [1.29, 1.82) is 0 Å². The Morgan fingerprint density at radius 1 is 1.29 bits per heavy atom. The third kappa shape index (κ3) is 3.75. The summed E-state index contributed by atoms with van der Waals surface area (Å²) in [5, 5.41) is 16.3. The van der Waals surface area contributed by atoms with Gasteiger partial charge in [0.15, 0.2) is 0 Å². The van der Waals surface area contributed by atoms with Gasteiger partial charge in [-0.25, -0.2) is 4.98 Å². The molecular formula is C14H14N4O3. The highest BCUT2D eigenvalue weighted by Gasteiger charge is 2.09. The van der Waals surface area contributed by atoms with E-state index in [-0.39, 0.29) is 11.6 Å². The van der Waals surface area contributed by atoms with Gasteiger partial charge in [-0.3, -0.25) is 14.9 Å². The first kappa shape index (κ1) is 14.4. The zero-order valence-electron chi connectivity index (χ0n) is 11.4. The summed E-state index contributed by atoms with van der Waals surface area (Å²) < 4.78 is 0. The fourth-order valence-corrected chi connectivity index (χ4v) is 1.72. The molecule has 1 amide bonds. The van der Waals surface area contributed by atoms with Crippen molar-refractivity contribution in [3.63, 3.8) is 0 Å². The maximum atomic E-state index is 12.1. The number of benzene rings is 1. The Morgan fingerprint density at radius 2 is 2.00 bits per heavy atom. The molecule has 1 aromatic carbocycles. The number of pyridine rings is 1. The molecule has 0 radical (unpaired) electrons. The minimum absolute atomic E-state index is 0.0219. The first-order valence-corrected chi connectivity index (χ1v) is 6.36. The molecule has 0 unspecified atom stereocenters. The Morgan fingerprint density at radius 3 is 2.62 bits per heavy atom. The average molecular weight is 286 g/mol. The number of nitro benzene ring substituents is 1. The molecule has 7 nitrogen and oxygen atoms in total. The lowest BCUT2D eigenvalue weighted by molar-refractivity contribution is -0.384. The van der Waals surface area contributed by atoms with Crippen LogP contribution >= 0.6 is 0 Å². The molecule has 0 atom stereocenters. The summed E-state index contributed by atoms with van der Waals surface area (Å²) in [6.45, 7) is 2.64. The molecule has 0 saturated heterocycles. The number of hydrogen-bond acceptors (Lipinski definition) is 5. The second kappa shape index (κ2) is 6.47. The number of anilines is 2. The number of non-ortho nitro benzene ring substituents is 1. The molecule has 1 heterocycles. The van der Waals surface area contributed by atoms with Crippen molar-refractivity contribution in [3.8, 4) is 0 Å². The Balaban J connectivity index is 2.10. The van der Waals surface area contributed by atoms with Gasteiger partial charge in [0.1, 0.15) is 5.82 Å². The Kier molecular flexibility index (Phi) is 4.45. The molecule has 7 heteroatoms. The van der Waals surface area contributed by atoms with E-state index in [1.54, 1.807) is 18.3 Å². The number of nitro groups is 1. The molecular weight excluding hydrogens is 272 g/mol. The number of nitrogens with one attached hydrogen (secondary N) is 2. The molecule has 0 spiro atoms. The monoisotopic (exact) mass is 286 g/mol. The van der Waals surface area contributed by atoms with Crippen LogP contribution in [0.5, 0.6) is 0 Å². The second-order valence-electron chi connectivity index (χ2n) is 4.22. The molecule has 2 N–H and O–H groups in total. The van der Waals surface area contributed by atoms with Crippen molar-refractivity contribution in [3.05, 3.63) is 58.3 Å². The number of rotatable bonds is 5. The van der Waals surface area contributed by atoms with E-state index in [0.717, 1.165) is 0 Å². The summed E-state index contributed by atoms with van der Waals surface area (Å²) in [6, 6.07) is 8.90. The van der Waals surface area contributed by atoms with E-state index < -0.39 is 4.92 Å².